The number of anilines is 1. The van der Waals surface area contributed by atoms with Gasteiger partial charge in [0.15, 0.2) is 0 Å². The zero-order chi connectivity index (χ0) is 22.2. The Balaban J connectivity index is 1.23. The molecule has 0 aliphatic carbocycles. The van der Waals surface area contributed by atoms with E-state index in [1.165, 1.54) is 17.3 Å². The number of halogens is 1. The third-order valence-corrected chi connectivity index (χ3v) is 6.82. The van der Waals surface area contributed by atoms with Crippen LogP contribution in [-0.2, 0) is 11.3 Å². The highest BCUT2D eigenvalue weighted by Gasteiger charge is 2.28. The Morgan fingerprint density at radius 3 is 2.84 bits per heavy atom. The van der Waals surface area contributed by atoms with Gasteiger partial charge >= 0.3 is 0 Å². The third-order valence-electron chi connectivity index (χ3n) is 6.82. The van der Waals surface area contributed by atoms with Crippen LogP contribution < -0.4 is 10.6 Å². The second-order valence-corrected chi connectivity index (χ2v) is 8.84. The lowest BCUT2D eigenvalue weighted by atomic mass is 10.00. The summed E-state index contributed by atoms with van der Waals surface area (Å²) in [6.07, 6.45) is 0.978. The summed E-state index contributed by atoms with van der Waals surface area (Å²) in [5.74, 6) is -0.603. The van der Waals surface area contributed by atoms with Crippen molar-refractivity contribution in [3.8, 4) is 0 Å². The van der Waals surface area contributed by atoms with Gasteiger partial charge in [-0.3, -0.25) is 9.69 Å². The van der Waals surface area contributed by atoms with Gasteiger partial charge in [0.1, 0.15) is 5.82 Å². The lowest BCUT2D eigenvalue weighted by molar-refractivity contribution is 0.0466. The molecule has 32 heavy (non-hydrogen) atoms. The Kier molecular flexibility index (Phi) is 5.57. The van der Waals surface area contributed by atoms with Gasteiger partial charge in [0, 0.05) is 48.9 Å². The average molecular weight is 434 g/mol. The monoisotopic (exact) mass is 433 g/mol. The number of piperazine rings is 1. The van der Waals surface area contributed by atoms with Crippen LogP contribution in [0.1, 0.15) is 40.9 Å². The molecule has 3 aromatic carbocycles. The molecule has 1 amide bonds. The van der Waals surface area contributed by atoms with Crippen molar-refractivity contribution in [2.45, 2.75) is 32.1 Å². The Morgan fingerprint density at radius 1 is 1.16 bits per heavy atom. The first-order valence-electron chi connectivity index (χ1n) is 11.2. The summed E-state index contributed by atoms with van der Waals surface area (Å²) in [6, 6.07) is 17.2. The van der Waals surface area contributed by atoms with Crippen LogP contribution in [0.5, 0.6) is 0 Å². The van der Waals surface area contributed by atoms with Crippen molar-refractivity contribution in [1.82, 2.24) is 4.90 Å². The lowest BCUT2D eigenvalue weighted by Gasteiger charge is -2.41. The number of hydrogen-bond donors (Lipinski definition) is 1. The van der Waals surface area contributed by atoms with Crippen LogP contribution in [0.15, 0.2) is 54.6 Å². The molecule has 6 heteroatoms. The largest absolute Gasteiger partial charge is 0.369 e. The number of fused-ring (bicyclic) bond motifs is 2. The zero-order valence-electron chi connectivity index (χ0n) is 18.3. The normalized spacial score (nSPS) is 21.1. The van der Waals surface area contributed by atoms with Crippen molar-refractivity contribution < 1.29 is 13.9 Å². The topological polar surface area (TPSA) is 58.8 Å². The Bertz CT molecular complexity index is 1170. The fourth-order valence-electron chi connectivity index (χ4n) is 5.06. The van der Waals surface area contributed by atoms with E-state index >= 15 is 0 Å². The van der Waals surface area contributed by atoms with E-state index in [1.54, 1.807) is 12.1 Å². The summed E-state index contributed by atoms with van der Waals surface area (Å²) in [5, 5.41) is 2.04. The second-order valence-electron chi connectivity index (χ2n) is 8.84. The Labute approximate surface area is 187 Å². The van der Waals surface area contributed by atoms with Gasteiger partial charge in [-0.05, 0) is 66.3 Å². The predicted molar refractivity (Wildman–Crippen MR) is 124 cm³/mol. The van der Waals surface area contributed by atoms with Crippen molar-refractivity contribution in [2.24, 2.45) is 5.73 Å². The number of amides is 1. The van der Waals surface area contributed by atoms with E-state index in [0.717, 1.165) is 48.9 Å². The summed E-state index contributed by atoms with van der Waals surface area (Å²) >= 11 is 0. The van der Waals surface area contributed by atoms with Crippen molar-refractivity contribution in [1.29, 1.82) is 0 Å². The first kappa shape index (κ1) is 20.9. The van der Waals surface area contributed by atoms with Crippen LogP contribution in [-0.4, -0.2) is 43.0 Å². The molecule has 1 saturated heterocycles. The molecule has 5 nitrogen and oxygen atoms in total. The molecule has 3 aromatic rings. The SMILES string of the molecule is C[C@@H]1CN(c2cccc3cc(F)ccc23)CCN1CCC1OCc2cc(C(N)=O)ccc21. The number of nitrogens with zero attached hydrogens (tertiary/aromatic N) is 2. The molecule has 2 N–H and O–H groups in total. The fourth-order valence-corrected chi connectivity index (χ4v) is 5.06. The smallest absolute Gasteiger partial charge is 0.248 e. The molecule has 2 heterocycles. The maximum absolute atomic E-state index is 13.6. The molecule has 2 aliphatic heterocycles. The molecule has 1 unspecified atom stereocenters. The standard InChI is InChI=1S/C26H28FN3O2/c1-17-15-30(24-4-2-3-18-14-21(27)6-8-22(18)24)12-11-29(17)10-9-25-23-7-5-19(26(28)31)13-20(23)16-32-25/h2-8,13-14,17,25H,9-12,15-16H2,1H3,(H2,28,31)/t17-,25?/m1/s1. The van der Waals surface area contributed by atoms with Crippen LogP contribution in [0.4, 0.5) is 10.1 Å². The maximum Gasteiger partial charge on any atom is 0.248 e. The summed E-state index contributed by atoms with van der Waals surface area (Å²) in [5.41, 5.74) is 9.34. The van der Waals surface area contributed by atoms with Gasteiger partial charge in [-0.15, -0.1) is 0 Å². The maximum atomic E-state index is 13.6. The summed E-state index contributed by atoms with van der Waals surface area (Å²) in [4.78, 5) is 16.3. The number of carbonyl (C=O) groups excluding carboxylic acids is 1. The average Bonchev–Trinajstić information content (AvgIpc) is 3.20. The zero-order valence-corrected chi connectivity index (χ0v) is 18.3. The number of ether oxygens (including phenoxy) is 1. The van der Waals surface area contributed by atoms with Gasteiger partial charge < -0.3 is 15.4 Å². The molecule has 0 spiro atoms. The van der Waals surface area contributed by atoms with Crippen LogP contribution in [0.3, 0.4) is 0 Å². The molecule has 0 bridgehead atoms. The van der Waals surface area contributed by atoms with Crippen LogP contribution >= 0.6 is 0 Å². The van der Waals surface area contributed by atoms with Gasteiger partial charge in [-0.25, -0.2) is 4.39 Å². The molecule has 0 radical (unpaired) electrons. The first-order valence-corrected chi connectivity index (χ1v) is 11.2. The summed E-state index contributed by atoms with van der Waals surface area (Å²) < 4.78 is 19.6. The minimum atomic E-state index is -0.403. The van der Waals surface area contributed by atoms with E-state index in [9.17, 15) is 9.18 Å². The van der Waals surface area contributed by atoms with E-state index in [1.807, 2.05) is 30.3 Å². The number of hydrogen-bond acceptors (Lipinski definition) is 4. The van der Waals surface area contributed by atoms with E-state index in [-0.39, 0.29) is 11.9 Å². The molecule has 5 rings (SSSR count). The molecular weight excluding hydrogens is 405 g/mol. The molecule has 166 valence electrons. The summed E-state index contributed by atoms with van der Waals surface area (Å²) in [6.45, 7) is 6.59. The van der Waals surface area contributed by atoms with Crippen molar-refractivity contribution in [3.63, 3.8) is 0 Å². The van der Waals surface area contributed by atoms with Crippen LogP contribution in [0, 0.1) is 5.82 Å². The number of benzene rings is 3. The Morgan fingerprint density at radius 2 is 2.03 bits per heavy atom. The predicted octanol–water partition coefficient (Wildman–Crippen LogP) is 4.25. The highest BCUT2D eigenvalue weighted by Crippen LogP contribution is 2.34. The minimum absolute atomic E-state index is 0.0603. The highest BCUT2D eigenvalue weighted by molar-refractivity contribution is 5.94. The van der Waals surface area contributed by atoms with Gasteiger partial charge in [0.25, 0.3) is 0 Å². The molecule has 2 atom stereocenters. The van der Waals surface area contributed by atoms with Gasteiger partial charge in [0.2, 0.25) is 5.91 Å². The Hall–Kier alpha value is -2.96. The van der Waals surface area contributed by atoms with Gasteiger partial charge in [-0.2, -0.15) is 0 Å². The second kappa shape index (κ2) is 8.52. The minimum Gasteiger partial charge on any atom is -0.369 e. The van der Waals surface area contributed by atoms with E-state index in [2.05, 4.69) is 22.8 Å². The highest BCUT2D eigenvalue weighted by atomic mass is 19.1. The van der Waals surface area contributed by atoms with Crippen LogP contribution in [0.2, 0.25) is 0 Å². The molecular formula is C26H28FN3O2. The number of nitrogens with two attached hydrogens (primary N) is 1. The molecule has 2 aliphatic rings. The number of carbonyl (C=O) groups is 1. The lowest BCUT2D eigenvalue weighted by Crippen LogP contribution is -2.52. The number of primary amides is 1. The van der Waals surface area contributed by atoms with Crippen molar-refractivity contribution in [2.75, 3.05) is 31.1 Å². The quantitative estimate of drug-likeness (QED) is 0.654. The van der Waals surface area contributed by atoms with Crippen LogP contribution in [0.25, 0.3) is 10.8 Å². The fraction of sp³-hybridized carbons (Fsp3) is 0.346. The third kappa shape index (κ3) is 3.96. The molecule has 1 fully saturated rings. The van der Waals surface area contributed by atoms with E-state index in [4.69, 9.17) is 10.5 Å². The first-order chi connectivity index (χ1) is 15.5. The van der Waals surface area contributed by atoms with Gasteiger partial charge in [0.05, 0.1) is 12.7 Å². The molecule has 0 saturated carbocycles. The van der Waals surface area contributed by atoms with Crippen molar-refractivity contribution in [3.05, 3.63) is 77.1 Å². The molecule has 0 aromatic heterocycles. The van der Waals surface area contributed by atoms with Crippen molar-refractivity contribution >= 4 is 22.4 Å². The number of rotatable bonds is 5. The van der Waals surface area contributed by atoms with Gasteiger partial charge in [-0.1, -0.05) is 18.2 Å². The van der Waals surface area contributed by atoms with E-state index < -0.39 is 5.91 Å². The summed E-state index contributed by atoms with van der Waals surface area (Å²) in [7, 11) is 0. The van der Waals surface area contributed by atoms with E-state index in [0.29, 0.717) is 18.2 Å².